The number of H-pyrrole nitrogens is 1. The number of carbonyl (C=O) groups is 1. The van der Waals surface area contributed by atoms with Crippen molar-refractivity contribution in [1.82, 2.24) is 25.8 Å². The summed E-state index contributed by atoms with van der Waals surface area (Å²) < 4.78 is 0. The number of hydrogen-bond acceptors (Lipinski definition) is 4. The second-order valence-corrected chi connectivity index (χ2v) is 4.89. The van der Waals surface area contributed by atoms with Gasteiger partial charge in [0.25, 0.3) is 5.91 Å². The summed E-state index contributed by atoms with van der Waals surface area (Å²) in [6, 6.07) is 7.71. The van der Waals surface area contributed by atoms with Gasteiger partial charge in [-0.1, -0.05) is 6.07 Å². The fourth-order valence-corrected chi connectivity index (χ4v) is 2.33. The van der Waals surface area contributed by atoms with E-state index in [1.165, 1.54) is 6.42 Å². The molecule has 3 N–H and O–H groups in total. The monoisotopic (exact) mass is 271 g/mol. The molecular formula is C14H17N5O. The van der Waals surface area contributed by atoms with E-state index in [0.29, 0.717) is 24.0 Å². The number of aromatic amines is 1. The molecular weight excluding hydrogens is 254 g/mol. The smallest absolute Gasteiger partial charge is 0.269 e. The van der Waals surface area contributed by atoms with Crippen LogP contribution in [0.4, 0.5) is 0 Å². The van der Waals surface area contributed by atoms with Crippen LogP contribution in [0.1, 0.15) is 23.3 Å². The molecule has 1 aliphatic rings. The number of nitrogens with one attached hydrogen (secondary N) is 3. The van der Waals surface area contributed by atoms with Gasteiger partial charge < -0.3 is 10.6 Å². The highest BCUT2D eigenvalue weighted by Gasteiger charge is 2.16. The third kappa shape index (κ3) is 2.85. The Morgan fingerprint density at radius 3 is 3.10 bits per heavy atom. The second kappa shape index (κ2) is 5.83. The highest BCUT2D eigenvalue weighted by Crippen LogP contribution is 2.14. The lowest BCUT2D eigenvalue weighted by atomic mass is 10.2. The van der Waals surface area contributed by atoms with Crippen LogP contribution in [-0.4, -0.2) is 40.2 Å². The van der Waals surface area contributed by atoms with Crippen molar-refractivity contribution in [3.8, 4) is 11.4 Å². The quantitative estimate of drug-likeness (QED) is 0.773. The average Bonchev–Trinajstić information content (AvgIpc) is 3.17. The third-order valence-electron chi connectivity index (χ3n) is 3.42. The van der Waals surface area contributed by atoms with Gasteiger partial charge in [0, 0.05) is 18.8 Å². The van der Waals surface area contributed by atoms with Gasteiger partial charge in [-0.15, -0.1) is 0 Å². The summed E-state index contributed by atoms with van der Waals surface area (Å²) in [6.45, 7) is 1.69. The molecule has 0 radical (unpaired) electrons. The highest BCUT2D eigenvalue weighted by molar-refractivity contribution is 5.93. The van der Waals surface area contributed by atoms with E-state index in [2.05, 4.69) is 25.8 Å². The summed E-state index contributed by atoms with van der Waals surface area (Å²) in [4.78, 5) is 16.2. The Kier molecular flexibility index (Phi) is 3.73. The predicted octanol–water partition coefficient (Wildman–Crippen LogP) is 0.953. The van der Waals surface area contributed by atoms with Crippen LogP contribution >= 0.6 is 0 Å². The van der Waals surface area contributed by atoms with Crippen molar-refractivity contribution < 1.29 is 4.79 Å². The SMILES string of the molecule is O=C(NC[C@H]1CCCN1)c1cc(-c2ccccn2)n[nH]1. The van der Waals surface area contributed by atoms with Gasteiger partial charge in [0.1, 0.15) is 11.4 Å². The van der Waals surface area contributed by atoms with E-state index in [1.807, 2.05) is 18.2 Å². The molecule has 1 saturated heterocycles. The first-order valence-electron chi connectivity index (χ1n) is 6.81. The van der Waals surface area contributed by atoms with Gasteiger partial charge in [-0.05, 0) is 37.6 Å². The van der Waals surface area contributed by atoms with Crippen LogP contribution < -0.4 is 10.6 Å². The molecule has 20 heavy (non-hydrogen) atoms. The van der Waals surface area contributed by atoms with Crippen LogP contribution in [0.5, 0.6) is 0 Å². The zero-order valence-corrected chi connectivity index (χ0v) is 11.1. The molecule has 104 valence electrons. The van der Waals surface area contributed by atoms with E-state index in [9.17, 15) is 4.79 Å². The van der Waals surface area contributed by atoms with E-state index in [1.54, 1.807) is 12.3 Å². The van der Waals surface area contributed by atoms with Crippen molar-refractivity contribution in [2.45, 2.75) is 18.9 Å². The average molecular weight is 271 g/mol. The minimum Gasteiger partial charge on any atom is -0.349 e. The first-order chi connectivity index (χ1) is 9.83. The van der Waals surface area contributed by atoms with Gasteiger partial charge in [-0.3, -0.25) is 14.9 Å². The molecule has 1 fully saturated rings. The maximum absolute atomic E-state index is 12.0. The minimum absolute atomic E-state index is 0.131. The van der Waals surface area contributed by atoms with Gasteiger partial charge in [0.05, 0.1) is 5.69 Å². The topological polar surface area (TPSA) is 82.7 Å². The zero-order chi connectivity index (χ0) is 13.8. The maximum atomic E-state index is 12.0. The Labute approximate surface area is 117 Å². The molecule has 2 aromatic rings. The molecule has 0 bridgehead atoms. The maximum Gasteiger partial charge on any atom is 0.269 e. The minimum atomic E-state index is -0.131. The number of amides is 1. The van der Waals surface area contributed by atoms with E-state index in [-0.39, 0.29) is 5.91 Å². The second-order valence-electron chi connectivity index (χ2n) is 4.89. The molecule has 0 aromatic carbocycles. The number of rotatable bonds is 4. The van der Waals surface area contributed by atoms with Crippen molar-refractivity contribution in [3.63, 3.8) is 0 Å². The van der Waals surface area contributed by atoms with Gasteiger partial charge in [0.15, 0.2) is 0 Å². The Morgan fingerprint density at radius 2 is 2.35 bits per heavy atom. The first-order valence-corrected chi connectivity index (χ1v) is 6.81. The van der Waals surface area contributed by atoms with Crippen molar-refractivity contribution >= 4 is 5.91 Å². The van der Waals surface area contributed by atoms with Crippen molar-refractivity contribution in [1.29, 1.82) is 0 Å². The van der Waals surface area contributed by atoms with E-state index < -0.39 is 0 Å². The molecule has 1 amide bonds. The molecule has 0 spiro atoms. The standard InChI is InChI=1S/C14H17N5O/c20-14(17-9-10-4-3-7-15-10)13-8-12(18-19-13)11-5-1-2-6-16-11/h1-2,5-6,8,10,15H,3-4,7,9H2,(H,17,20)(H,18,19)/t10-/m1/s1. The van der Waals surface area contributed by atoms with Crippen LogP contribution in [0.15, 0.2) is 30.5 Å². The van der Waals surface area contributed by atoms with Crippen molar-refractivity contribution in [2.24, 2.45) is 0 Å². The highest BCUT2D eigenvalue weighted by atomic mass is 16.1. The number of nitrogens with zero attached hydrogens (tertiary/aromatic N) is 2. The lowest BCUT2D eigenvalue weighted by Gasteiger charge is -2.10. The number of pyridine rings is 1. The molecule has 0 saturated carbocycles. The molecule has 0 aliphatic carbocycles. The van der Waals surface area contributed by atoms with Gasteiger partial charge >= 0.3 is 0 Å². The molecule has 3 rings (SSSR count). The number of aromatic nitrogens is 3. The van der Waals surface area contributed by atoms with Gasteiger partial charge in [-0.25, -0.2) is 0 Å². The van der Waals surface area contributed by atoms with Crippen LogP contribution in [-0.2, 0) is 0 Å². The largest absolute Gasteiger partial charge is 0.349 e. The fraction of sp³-hybridized carbons (Fsp3) is 0.357. The first kappa shape index (κ1) is 12.8. The normalized spacial score (nSPS) is 18.1. The molecule has 6 heteroatoms. The molecule has 1 atom stereocenters. The third-order valence-corrected chi connectivity index (χ3v) is 3.42. The summed E-state index contributed by atoms with van der Waals surface area (Å²) in [7, 11) is 0. The predicted molar refractivity (Wildman–Crippen MR) is 75.2 cm³/mol. The van der Waals surface area contributed by atoms with Crippen molar-refractivity contribution in [3.05, 3.63) is 36.2 Å². The summed E-state index contributed by atoms with van der Waals surface area (Å²) in [5, 5.41) is 13.1. The molecule has 1 aliphatic heterocycles. The fourth-order valence-electron chi connectivity index (χ4n) is 2.33. The summed E-state index contributed by atoms with van der Waals surface area (Å²) >= 11 is 0. The Bertz CT molecular complexity index is 574. The number of hydrogen-bond donors (Lipinski definition) is 3. The van der Waals surface area contributed by atoms with Crippen LogP contribution in [0.2, 0.25) is 0 Å². The lowest BCUT2D eigenvalue weighted by molar-refractivity contribution is 0.0945. The lowest BCUT2D eigenvalue weighted by Crippen LogP contribution is -2.37. The van der Waals surface area contributed by atoms with Gasteiger partial charge in [-0.2, -0.15) is 5.10 Å². The van der Waals surface area contributed by atoms with Crippen molar-refractivity contribution in [2.75, 3.05) is 13.1 Å². The van der Waals surface area contributed by atoms with Crippen LogP contribution in [0.3, 0.4) is 0 Å². The van der Waals surface area contributed by atoms with Crippen LogP contribution in [0, 0.1) is 0 Å². The molecule has 0 unspecified atom stereocenters. The van der Waals surface area contributed by atoms with E-state index in [0.717, 1.165) is 18.7 Å². The summed E-state index contributed by atoms with van der Waals surface area (Å²) in [6.07, 6.45) is 3.99. The van der Waals surface area contributed by atoms with Crippen LogP contribution in [0.25, 0.3) is 11.4 Å². The molecule has 6 nitrogen and oxygen atoms in total. The molecule has 3 heterocycles. The Balaban J connectivity index is 1.62. The van der Waals surface area contributed by atoms with Gasteiger partial charge in [0.2, 0.25) is 0 Å². The Morgan fingerprint density at radius 1 is 1.40 bits per heavy atom. The summed E-state index contributed by atoms with van der Waals surface area (Å²) in [5.41, 5.74) is 1.89. The zero-order valence-electron chi connectivity index (χ0n) is 11.1. The molecule has 2 aromatic heterocycles. The van der Waals surface area contributed by atoms with E-state index >= 15 is 0 Å². The Hall–Kier alpha value is -2.21. The number of carbonyl (C=O) groups excluding carboxylic acids is 1. The summed E-state index contributed by atoms with van der Waals surface area (Å²) in [5.74, 6) is -0.131. The van der Waals surface area contributed by atoms with E-state index in [4.69, 9.17) is 0 Å².